The van der Waals surface area contributed by atoms with Crippen molar-refractivity contribution in [1.29, 1.82) is 0 Å². The number of hydrogen-bond acceptors (Lipinski definition) is 5. The van der Waals surface area contributed by atoms with E-state index in [0.29, 0.717) is 11.6 Å². The van der Waals surface area contributed by atoms with E-state index < -0.39 is 11.5 Å². The number of aryl methyl sites for hydroxylation is 1. The summed E-state index contributed by atoms with van der Waals surface area (Å²) in [7, 11) is 1.69. The number of amides is 2. The zero-order valence-corrected chi connectivity index (χ0v) is 14.3. The Bertz CT molecular complexity index is 861. The third-order valence-electron chi connectivity index (χ3n) is 4.03. The molecule has 1 atom stereocenters. The molecule has 1 fully saturated rings. The number of nitrogens with zero attached hydrogens (tertiary/aromatic N) is 4. The maximum atomic E-state index is 12.6. The summed E-state index contributed by atoms with van der Waals surface area (Å²) in [5, 5.41) is 7.12. The Labute approximate surface area is 148 Å². The van der Waals surface area contributed by atoms with Gasteiger partial charge in [-0.15, -0.1) is 0 Å². The standard InChI is InChI=1S/C15H17ClN6O3/c1-21-7-10(16)13(20-21)15(25)22-4-2-3-9(22)6-17-14(24)11-5-12(23)19-8-18-11/h5,7-9H,2-4,6H2,1H3,(H,17,24)(H,18,19,23)/t9-/m1/s1. The van der Waals surface area contributed by atoms with Crippen LogP contribution < -0.4 is 10.9 Å². The fourth-order valence-corrected chi connectivity index (χ4v) is 3.11. The molecule has 1 aliphatic rings. The Morgan fingerprint density at radius 3 is 2.96 bits per heavy atom. The number of rotatable bonds is 4. The Balaban J connectivity index is 1.66. The summed E-state index contributed by atoms with van der Waals surface area (Å²) in [4.78, 5) is 43.8. The van der Waals surface area contributed by atoms with Crippen LogP contribution in [0, 0.1) is 0 Å². The Morgan fingerprint density at radius 2 is 2.28 bits per heavy atom. The van der Waals surface area contributed by atoms with Crippen LogP contribution in [0.4, 0.5) is 0 Å². The average Bonchev–Trinajstić information content (AvgIpc) is 3.18. The normalized spacial score (nSPS) is 16.9. The van der Waals surface area contributed by atoms with Gasteiger partial charge in [0.15, 0.2) is 5.69 Å². The topological polar surface area (TPSA) is 113 Å². The molecule has 0 spiro atoms. The molecular formula is C15H17ClN6O3. The third-order valence-corrected chi connectivity index (χ3v) is 4.31. The first-order valence-corrected chi connectivity index (χ1v) is 8.16. The zero-order valence-electron chi connectivity index (χ0n) is 13.5. The molecule has 1 aliphatic heterocycles. The molecule has 3 heterocycles. The highest BCUT2D eigenvalue weighted by Crippen LogP contribution is 2.22. The van der Waals surface area contributed by atoms with Crippen LogP contribution in [0.25, 0.3) is 0 Å². The predicted molar refractivity (Wildman–Crippen MR) is 89.5 cm³/mol. The van der Waals surface area contributed by atoms with Crippen molar-refractivity contribution >= 4 is 23.4 Å². The highest BCUT2D eigenvalue weighted by molar-refractivity contribution is 6.33. The molecule has 0 radical (unpaired) electrons. The van der Waals surface area contributed by atoms with Gasteiger partial charge in [-0.3, -0.25) is 19.1 Å². The molecule has 3 rings (SSSR count). The second-order valence-corrected chi connectivity index (χ2v) is 6.21. The predicted octanol–water partition coefficient (Wildman–Crippen LogP) is 0.191. The van der Waals surface area contributed by atoms with Crippen LogP contribution >= 0.6 is 11.6 Å². The summed E-state index contributed by atoms with van der Waals surface area (Å²) < 4.78 is 1.49. The number of aromatic nitrogens is 4. The average molecular weight is 365 g/mol. The van der Waals surface area contributed by atoms with E-state index in [2.05, 4.69) is 20.4 Å². The Morgan fingerprint density at radius 1 is 1.48 bits per heavy atom. The maximum absolute atomic E-state index is 12.6. The smallest absolute Gasteiger partial charge is 0.276 e. The monoisotopic (exact) mass is 364 g/mol. The van der Waals surface area contributed by atoms with Gasteiger partial charge >= 0.3 is 0 Å². The molecule has 25 heavy (non-hydrogen) atoms. The number of carbonyl (C=O) groups excluding carboxylic acids is 2. The van der Waals surface area contributed by atoms with E-state index in [9.17, 15) is 14.4 Å². The van der Waals surface area contributed by atoms with E-state index in [-0.39, 0.29) is 29.9 Å². The van der Waals surface area contributed by atoms with Gasteiger partial charge in [0.2, 0.25) is 0 Å². The molecular weight excluding hydrogens is 348 g/mol. The van der Waals surface area contributed by atoms with Gasteiger partial charge in [0.05, 0.1) is 11.3 Å². The fraction of sp³-hybridized carbons (Fsp3) is 0.400. The van der Waals surface area contributed by atoms with Crippen LogP contribution in [0.2, 0.25) is 5.02 Å². The van der Waals surface area contributed by atoms with Crippen LogP contribution in [0.15, 0.2) is 23.4 Å². The Hall–Kier alpha value is -2.68. The number of H-pyrrole nitrogens is 1. The molecule has 0 unspecified atom stereocenters. The summed E-state index contributed by atoms with van der Waals surface area (Å²) >= 11 is 6.05. The quantitative estimate of drug-likeness (QED) is 0.804. The molecule has 0 saturated carbocycles. The lowest BCUT2D eigenvalue weighted by Gasteiger charge is -2.24. The van der Waals surface area contributed by atoms with Crippen LogP contribution in [0.1, 0.15) is 33.8 Å². The van der Waals surface area contributed by atoms with E-state index in [1.807, 2.05) is 0 Å². The summed E-state index contributed by atoms with van der Waals surface area (Å²) in [6.45, 7) is 0.846. The molecule has 2 N–H and O–H groups in total. The number of halogens is 1. The van der Waals surface area contributed by atoms with E-state index in [4.69, 9.17) is 11.6 Å². The molecule has 1 saturated heterocycles. The minimum Gasteiger partial charge on any atom is -0.349 e. The number of carbonyl (C=O) groups is 2. The fourth-order valence-electron chi connectivity index (χ4n) is 2.85. The summed E-state index contributed by atoms with van der Waals surface area (Å²) in [6, 6.07) is 0.970. The van der Waals surface area contributed by atoms with E-state index in [0.717, 1.165) is 18.9 Å². The molecule has 2 aromatic heterocycles. The van der Waals surface area contributed by atoms with Crippen LogP contribution in [0.3, 0.4) is 0 Å². The molecule has 10 heteroatoms. The largest absolute Gasteiger partial charge is 0.349 e. The number of hydrogen-bond donors (Lipinski definition) is 2. The van der Waals surface area contributed by atoms with Crippen molar-refractivity contribution in [3.63, 3.8) is 0 Å². The van der Waals surface area contributed by atoms with Gasteiger partial charge < -0.3 is 15.2 Å². The van der Waals surface area contributed by atoms with Gasteiger partial charge in [-0.2, -0.15) is 5.10 Å². The summed E-state index contributed by atoms with van der Waals surface area (Å²) in [5.41, 5.74) is -0.159. The first-order valence-electron chi connectivity index (χ1n) is 7.78. The van der Waals surface area contributed by atoms with Crippen LogP contribution in [0.5, 0.6) is 0 Å². The molecule has 132 valence electrons. The third kappa shape index (κ3) is 3.71. The second kappa shape index (κ2) is 7.06. The van der Waals surface area contributed by atoms with Gasteiger partial charge in [0, 0.05) is 38.4 Å². The van der Waals surface area contributed by atoms with Gasteiger partial charge in [0.25, 0.3) is 17.4 Å². The minimum atomic E-state index is -0.457. The van der Waals surface area contributed by atoms with E-state index >= 15 is 0 Å². The number of nitrogens with one attached hydrogen (secondary N) is 2. The van der Waals surface area contributed by atoms with Crippen molar-refractivity contribution in [1.82, 2.24) is 30.0 Å². The number of likely N-dealkylation sites (tertiary alicyclic amines) is 1. The highest BCUT2D eigenvalue weighted by atomic mass is 35.5. The molecule has 2 amide bonds. The van der Waals surface area contributed by atoms with Gasteiger partial charge in [-0.05, 0) is 12.8 Å². The Kier molecular flexibility index (Phi) is 4.84. The maximum Gasteiger partial charge on any atom is 0.276 e. The van der Waals surface area contributed by atoms with E-state index in [1.54, 1.807) is 18.1 Å². The van der Waals surface area contributed by atoms with Crippen LogP contribution in [-0.2, 0) is 7.05 Å². The molecule has 0 aromatic carbocycles. The minimum absolute atomic E-state index is 0.0346. The zero-order chi connectivity index (χ0) is 18.0. The first kappa shape index (κ1) is 17.2. The molecule has 0 aliphatic carbocycles. The summed E-state index contributed by atoms with van der Waals surface area (Å²) in [6.07, 6.45) is 4.34. The second-order valence-electron chi connectivity index (χ2n) is 5.80. The molecule has 9 nitrogen and oxygen atoms in total. The van der Waals surface area contributed by atoms with E-state index in [1.165, 1.54) is 11.0 Å². The van der Waals surface area contributed by atoms with Crippen molar-refractivity contribution in [3.05, 3.63) is 45.4 Å². The highest BCUT2D eigenvalue weighted by Gasteiger charge is 2.32. The SMILES string of the molecule is Cn1cc(Cl)c(C(=O)N2CCC[C@@H]2CNC(=O)c2cc(=O)[nH]cn2)n1. The lowest BCUT2D eigenvalue weighted by atomic mass is 10.2. The molecule has 2 aromatic rings. The van der Waals surface area contributed by atoms with Gasteiger partial charge in [0.1, 0.15) is 5.69 Å². The molecule has 0 bridgehead atoms. The lowest BCUT2D eigenvalue weighted by Crippen LogP contribution is -2.43. The van der Waals surface area contributed by atoms with Gasteiger partial charge in [-0.25, -0.2) is 4.98 Å². The van der Waals surface area contributed by atoms with Crippen molar-refractivity contribution in [3.8, 4) is 0 Å². The number of aromatic amines is 1. The lowest BCUT2D eigenvalue weighted by molar-refractivity contribution is 0.0718. The van der Waals surface area contributed by atoms with Crippen molar-refractivity contribution < 1.29 is 9.59 Å². The van der Waals surface area contributed by atoms with Crippen molar-refractivity contribution in [2.24, 2.45) is 7.05 Å². The van der Waals surface area contributed by atoms with Crippen molar-refractivity contribution in [2.45, 2.75) is 18.9 Å². The van der Waals surface area contributed by atoms with Crippen molar-refractivity contribution in [2.75, 3.05) is 13.1 Å². The van der Waals surface area contributed by atoms with Crippen LogP contribution in [-0.4, -0.2) is 55.6 Å². The van der Waals surface area contributed by atoms with Gasteiger partial charge in [-0.1, -0.05) is 11.6 Å². The summed E-state index contributed by atoms with van der Waals surface area (Å²) in [5.74, 6) is -0.710. The first-order chi connectivity index (χ1) is 12.0.